The van der Waals surface area contributed by atoms with Gasteiger partial charge in [-0.05, 0) is 44.4 Å². The molecular formula is C23H30N2O5. The number of ether oxygens (including phenoxy) is 2. The second-order valence-corrected chi connectivity index (χ2v) is 7.58. The lowest BCUT2D eigenvalue weighted by molar-refractivity contribution is -0.143. The van der Waals surface area contributed by atoms with Gasteiger partial charge in [0.1, 0.15) is 12.3 Å². The van der Waals surface area contributed by atoms with Crippen molar-refractivity contribution in [3.63, 3.8) is 0 Å². The molecule has 1 aromatic carbocycles. The summed E-state index contributed by atoms with van der Waals surface area (Å²) in [4.78, 5) is 36.1. The molecule has 0 unspecified atom stereocenters. The molecule has 0 aliphatic heterocycles. The first-order valence-electron chi connectivity index (χ1n) is 10.1. The van der Waals surface area contributed by atoms with E-state index in [0.29, 0.717) is 17.2 Å². The number of benzene rings is 1. The monoisotopic (exact) mass is 414 g/mol. The first kappa shape index (κ1) is 23.2. The highest BCUT2D eigenvalue weighted by atomic mass is 16.5. The van der Waals surface area contributed by atoms with Crippen LogP contribution >= 0.6 is 0 Å². The van der Waals surface area contributed by atoms with Gasteiger partial charge in [-0.3, -0.25) is 14.4 Å². The molecule has 30 heavy (non-hydrogen) atoms. The molecular weight excluding hydrogens is 384 g/mol. The number of carbonyl (C=O) groups is 3. The summed E-state index contributed by atoms with van der Waals surface area (Å²) < 4.78 is 12.4. The molecule has 0 bridgehead atoms. The standard InChI is InChI=1S/C23H30N2O5/c1-16(2)10-11-25-17(3)12-20(18(25)4)21(26)14-30-23(28)13-24-22(27)15-29-19-8-6-5-7-9-19/h5-9,12,16H,10-11,13-15H2,1-4H3,(H,24,27). The van der Waals surface area contributed by atoms with Crippen LogP contribution in [0, 0.1) is 19.8 Å². The molecule has 0 atom stereocenters. The Bertz CT molecular complexity index is 871. The fourth-order valence-electron chi connectivity index (χ4n) is 2.98. The number of Topliss-reactive ketones (excluding diaryl/α,β-unsaturated/α-hetero) is 1. The fourth-order valence-corrected chi connectivity index (χ4v) is 2.98. The molecule has 1 heterocycles. The van der Waals surface area contributed by atoms with Crippen LogP contribution in [0.1, 0.15) is 42.0 Å². The van der Waals surface area contributed by atoms with Crippen LogP contribution in [0.5, 0.6) is 5.75 Å². The lowest BCUT2D eigenvalue weighted by Crippen LogP contribution is -2.34. The zero-order valence-corrected chi connectivity index (χ0v) is 18.1. The molecule has 0 saturated carbocycles. The summed E-state index contributed by atoms with van der Waals surface area (Å²) in [6.45, 7) is 8.14. The molecule has 2 aromatic rings. The van der Waals surface area contributed by atoms with E-state index < -0.39 is 11.9 Å². The minimum Gasteiger partial charge on any atom is -0.484 e. The summed E-state index contributed by atoms with van der Waals surface area (Å²) in [6.07, 6.45) is 1.02. The molecule has 0 aliphatic rings. The highest BCUT2D eigenvalue weighted by molar-refractivity contribution is 5.99. The molecule has 0 aliphatic carbocycles. The van der Waals surface area contributed by atoms with Gasteiger partial charge in [-0.25, -0.2) is 0 Å². The van der Waals surface area contributed by atoms with Crippen LogP contribution in [0.3, 0.4) is 0 Å². The molecule has 7 nitrogen and oxygen atoms in total. The molecule has 1 aromatic heterocycles. The van der Waals surface area contributed by atoms with Crippen molar-refractivity contribution in [1.82, 2.24) is 9.88 Å². The van der Waals surface area contributed by atoms with Crippen LogP contribution in [-0.2, 0) is 20.9 Å². The van der Waals surface area contributed by atoms with E-state index >= 15 is 0 Å². The molecule has 0 spiro atoms. The Labute approximate surface area is 177 Å². The number of aryl methyl sites for hydroxylation is 1. The molecule has 7 heteroatoms. The van der Waals surface area contributed by atoms with E-state index in [-0.39, 0.29) is 25.5 Å². The first-order valence-corrected chi connectivity index (χ1v) is 10.1. The average molecular weight is 415 g/mol. The first-order chi connectivity index (χ1) is 14.3. The third kappa shape index (κ3) is 7.06. The van der Waals surface area contributed by atoms with Crippen molar-refractivity contribution in [2.24, 2.45) is 5.92 Å². The van der Waals surface area contributed by atoms with Gasteiger partial charge in [-0.2, -0.15) is 0 Å². The predicted octanol–water partition coefficient (Wildman–Crippen LogP) is 3.07. The highest BCUT2D eigenvalue weighted by Gasteiger charge is 2.17. The maximum atomic E-state index is 12.5. The van der Waals surface area contributed by atoms with E-state index in [4.69, 9.17) is 9.47 Å². The normalized spacial score (nSPS) is 10.7. The Kier molecular flexibility index (Phi) is 8.65. The zero-order valence-electron chi connectivity index (χ0n) is 18.1. The number of amides is 1. The Hall–Kier alpha value is -3.09. The number of carbonyl (C=O) groups excluding carboxylic acids is 3. The van der Waals surface area contributed by atoms with E-state index in [1.54, 1.807) is 24.3 Å². The third-order valence-corrected chi connectivity index (χ3v) is 4.71. The van der Waals surface area contributed by atoms with Crippen molar-refractivity contribution in [2.45, 2.75) is 40.7 Å². The van der Waals surface area contributed by atoms with Crippen LogP contribution in [0.2, 0.25) is 0 Å². The minimum atomic E-state index is -0.676. The maximum absolute atomic E-state index is 12.5. The molecule has 0 fully saturated rings. The Morgan fingerprint density at radius 1 is 1.07 bits per heavy atom. The van der Waals surface area contributed by atoms with Gasteiger partial charge in [-0.1, -0.05) is 32.0 Å². The summed E-state index contributed by atoms with van der Waals surface area (Å²) >= 11 is 0. The number of para-hydroxylation sites is 1. The van der Waals surface area contributed by atoms with Gasteiger partial charge in [0, 0.05) is 23.5 Å². The SMILES string of the molecule is Cc1cc(C(=O)COC(=O)CNC(=O)COc2ccccc2)c(C)n1CCC(C)C. The van der Waals surface area contributed by atoms with Gasteiger partial charge in [-0.15, -0.1) is 0 Å². The number of aromatic nitrogens is 1. The van der Waals surface area contributed by atoms with Gasteiger partial charge in [0.15, 0.2) is 13.2 Å². The van der Waals surface area contributed by atoms with Crippen LogP contribution in [-0.4, -0.2) is 42.0 Å². The van der Waals surface area contributed by atoms with Gasteiger partial charge >= 0.3 is 5.97 Å². The number of nitrogens with one attached hydrogen (secondary N) is 1. The van der Waals surface area contributed by atoms with E-state index in [0.717, 1.165) is 24.4 Å². The quantitative estimate of drug-likeness (QED) is 0.451. The van der Waals surface area contributed by atoms with Crippen molar-refractivity contribution in [1.29, 1.82) is 0 Å². The van der Waals surface area contributed by atoms with Gasteiger partial charge in [0.2, 0.25) is 5.78 Å². The van der Waals surface area contributed by atoms with Crippen LogP contribution in [0.4, 0.5) is 0 Å². The van der Waals surface area contributed by atoms with Gasteiger partial charge in [0.25, 0.3) is 5.91 Å². The molecule has 2 rings (SSSR count). The van der Waals surface area contributed by atoms with Crippen LogP contribution in [0.15, 0.2) is 36.4 Å². The highest BCUT2D eigenvalue weighted by Crippen LogP contribution is 2.17. The van der Waals surface area contributed by atoms with E-state index in [1.807, 2.05) is 26.0 Å². The number of esters is 1. The Balaban J connectivity index is 1.75. The van der Waals surface area contributed by atoms with Crippen molar-refractivity contribution in [3.05, 3.63) is 53.3 Å². The Morgan fingerprint density at radius 3 is 2.43 bits per heavy atom. The van der Waals surface area contributed by atoms with Crippen molar-refractivity contribution >= 4 is 17.7 Å². The van der Waals surface area contributed by atoms with E-state index in [2.05, 4.69) is 23.7 Å². The van der Waals surface area contributed by atoms with Crippen molar-refractivity contribution in [3.8, 4) is 5.75 Å². The van der Waals surface area contributed by atoms with Crippen LogP contribution < -0.4 is 10.1 Å². The summed E-state index contributed by atoms with van der Waals surface area (Å²) in [5, 5.41) is 2.41. The smallest absolute Gasteiger partial charge is 0.325 e. The van der Waals surface area contributed by atoms with E-state index in [1.165, 1.54) is 0 Å². The predicted molar refractivity (Wildman–Crippen MR) is 114 cm³/mol. The summed E-state index contributed by atoms with van der Waals surface area (Å²) in [5.74, 6) is -0.252. The Morgan fingerprint density at radius 2 is 1.77 bits per heavy atom. The number of ketones is 1. The summed E-state index contributed by atoms with van der Waals surface area (Å²) in [7, 11) is 0. The number of hydrogen-bond donors (Lipinski definition) is 1. The average Bonchev–Trinajstić information content (AvgIpc) is 3.01. The third-order valence-electron chi connectivity index (χ3n) is 4.71. The lowest BCUT2D eigenvalue weighted by atomic mass is 10.1. The summed E-state index contributed by atoms with van der Waals surface area (Å²) in [6, 6.07) is 10.7. The van der Waals surface area contributed by atoms with Crippen molar-refractivity contribution in [2.75, 3.05) is 19.8 Å². The van der Waals surface area contributed by atoms with Crippen molar-refractivity contribution < 1.29 is 23.9 Å². The molecule has 1 amide bonds. The second kappa shape index (κ2) is 11.2. The zero-order chi connectivity index (χ0) is 22.1. The van der Waals surface area contributed by atoms with Gasteiger partial charge in [0.05, 0.1) is 0 Å². The number of rotatable bonds is 11. The number of hydrogen-bond acceptors (Lipinski definition) is 5. The van der Waals surface area contributed by atoms with E-state index in [9.17, 15) is 14.4 Å². The topological polar surface area (TPSA) is 86.6 Å². The number of nitrogens with zero attached hydrogens (tertiary/aromatic N) is 1. The van der Waals surface area contributed by atoms with Crippen LogP contribution in [0.25, 0.3) is 0 Å². The maximum Gasteiger partial charge on any atom is 0.325 e. The fraction of sp³-hybridized carbons (Fsp3) is 0.435. The summed E-state index contributed by atoms with van der Waals surface area (Å²) in [5.41, 5.74) is 2.44. The molecule has 1 N–H and O–H groups in total. The van der Waals surface area contributed by atoms with Gasteiger partial charge < -0.3 is 19.4 Å². The minimum absolute atomic E-state index is 0.210. The molecule has 0 saturated heterocycles. The molecule has 0 radical (unpaired) electrons. The second-order valence-electron chi connectivity index (χ2n) is 7.58. The lowest BCUT2D eigenvalue weighted by Gasteiger charge is -2.11. The molecule has 162 valence electrons. The largest absolute Gasteiger partial charge is 0.484 e.